The molecular weight excluding hydrogens is 339 g/mol. The zero-order chi connectivity index (χ0) is 18.3. The Labute approximate surface area is 150 Å². The second-order valence-electron chi connectivity index (χ2n) is 6.84. The maximum Gasteiger partial charge on any atom is 0.416 e. The van der Waals surface area contributed by atoms with Crippen LogP contribution < -0.4 is 4.90 Å². The second kappa shape index (κ2) is 6.34. The van der Waals surface area contributed by atoms with Crippen LogP contribution in [0.25, 0.3) is 16.7 Å². The van der Waals surface area contributed by atoms with Crippen LogP contribution in [0.3, 0.4) is 0 Å². The molecule has 0 radical (unpaired) electrons. The summed E-state index contributed by atoms with van der Waals surface area (Å²) >= 11 is 0. The van der Waals surface area contributed by atoms with E-state index in [4.69, 9.17) is 4.98 Å². The zero-order valence-corrected chi connectivity index (χ0v) is 14.6. The lowest BCUT2D eigenvalue weighted by Gasteiger charge is -2.28. The standard InChI is InChI=1S/C20H20F3N3/c1-14-8-9-17-18(12-14)26(19(24-17)25-10-3-2-4-11-25)16-7-5-6-15(13-16)20(21,22)23/h5-9,12-13H,2-4,10-11H2,1H3. The van der Waals surface area contributed by atoms with Gasteiger partial charge in [-0.1, -0.05) is 12.1 Å². The number of piperidine rings is 1. The predicted molar refractivity (Wildman–Crippen MR) is 96.9 cm³/mol. The van der Waals surface area contributed by atoms with E-state index < -0.39 is 11.7 Å². The van der Waals surface area contributed by atoms with Crippen molar-refractivity contribution in [2.24, 2.45) is 0 Å². The Morgan fingerprint density at radius 3 is 2.46 bits per heavy atom. The Kier molecular flexibility index (Phi) is 4.13. The molecule has 1 aliphatic rings. The number of aromatic nitrogens is 2. The molecule has 0 bridgehead atoms. The lowest BCUT2D eigenvalue weighted by atomic mass is 10.1. The van der Waals surface area contributed by atoms with Gasteiger partial charge in [-0.05, 0) is 62.1 Å². The molecule has 0 unspecified atom stereocenters. The third-order valence-corrected chi connectivity index (χ3v) is 4.86. The van der Waals surface area contributed by atoms with Crippen LogP contribution in [0.1, 0.15) is 30.4 Å². The highest BCUT2D eigenvalue weighted by molar-refractivity contribution is 5.82. The van der Waals surface area contributed by atoms with Gasteiger partial charge in [0.15, 0.2) is 0 Å². The third-order valence-electron chi connectivity index (χ3n) is 4.86. The van der Waals surface area contributed by atoms with Crippen molar-refractivity contribution in [1.82, 2.24) is 9.55 Å². The van der Waals surface area contributed by atoms with E-state index in [-0.39, 0.29) is 0 Å². The van der Waals surface area contributed by atoms with Crippen LogP contribution >= 0.6 is 0 Å². The minimum atomic E-state index is -4.37. The van der Waals surface area contributed by atoms with Gasteiger partial charge in [0.2, 0.25) is 5.95 Å². The summed E-state index contributed by atoms with van der Waals surface area (Å²) < 4.78 is 41.5. The fourth-order valence-corrected chi connectivity index (χ4v) is 3.55. The van der Waals surface area contributed by atoms with Crippen LogP contribution in [-0.4, -0.2) is 22.6 Å². The smallest absolute Gasteiger partial charge is 0.342 e. The summed E-state index contributed by atoms with van der Waals surface area (Å²) in [5.74, 6) is 0.727. The normalized spacial score (nSPS) is 15.6. The molecule has 26 heavy (non-hydrogen) atoms. The average molecular weight is 359 g/mol. The van der Waals surface area contributed by atoms with Crippen molar-refractivity contribution in [2.75, 3.05) is 18.0 Å². The molecule has 3 aromatic rings. The van der Waals surface area contributed by atoms with E-state index in [9.17, 15) is 13.2 Å². The Balaban J connectivity index is 1.93. The first-order chi connectivity index (χ1) is 12.4. The Morgan fingerprint density at radius 1 is 0.962 bits per heavy atom. The first kappa shape index (κ1) is 16.9. The third kappa shape index (κ3) is 3.04. The second-order valence-corrected chi connectivity index (χ2v) is 6.84. The molecule has 6 heteroatoms. The number of anilines is 1. The topological polar surface area (TPSA) is 21.1 Å². The number of imidazole rings is 1. The van der Waals surface area contributed by atoms with E-state index in [2.05, 4.69) is 4.90 Å². The molecule has 1 aliphatic heterocycles. The number of aryl methyl sites for hydroxylation is 1. The number of halogens is 3. The number of fused-ring (bicyclic) bond motifs is 1. The van der Waals surface area contributed by atoms with Crippen molar-refractivity contribution < 1.29 is 13.2 Å². The summed E-state index contributed by atoms with van der Waals surface area (Å²) in [6, 6.07) is 11.4. The molecule has 2 heterocycles. The number of hydrogen-bond acceptors (Lipinski definition) is 2. The Morgan fingerprint density at radius 2 is 1.73 bits per heavy atom. The van der Waals surface area contributed by atoms with Crippen LogP contribution in [0.5, 0.6) is 0 Å². The molecule has 2 aromatic carbocycles. The van der Waals surface area contributed by atoms with Gasteiger partial charge >= 0.3 is 6.18 Å². The SMILES string of the molecule is Cc1ccc2nc(N3CCCCC3)n(-c3cccc(C(F)(F)F)c3)c2c1. The molecule has 0 amide bonds. The summed E-state index contributed by atoms with van der Waals surface area (Å²) in [6.07, 6.45) is -1.04. The first-order valence-electron chi connectivity index (χ1n) is 8.85. The van der Waals surface area contributed by atoms with Gasteiger partial charge in [-0.25, -0.2) is 4.98 Å². The highest BCUT2D eigenvalue weighted by Crippen LogP contribution is 2.34. The number of rotatable bonds is 2. The van der Waals surface area contributed by atoms with Gasteiger partial charge in [0.25, 0.3) is 0 Å². The minimum Gasteiger partial charge on any atom is -0.342 e. The molecule has 3 nitrogen and oxygen atoms in total. The number of hydrogen-bond donors (Lipinski definition) is 0. The molecule has 4 rings (SSSR count). The van der Waals surface area contributed by atoms with Crippen molar-refractivity contribution in [1.29, 1.82) is 0 Å². The summed E-state index contributed by atoms with van der Waals surface area (Å²) in [4.78, 5) is 6.93. The first-order valence-corrected chi connectivity index (χ1v) is 8.85. The zero-order valence-electron chi connectivity index (χ0n) is 14.6. The summed E-state index contributed by atoms with van der Waals surface area (Å²) in [6.45, 7) is 3.73. The van der Waals surface area contributed by atoms with E-state index in [1.54, 1.807) is 6.07 Å². The maximum atomic E-state index is 13.2. The molecule has 1 aromatic heterocycles. The van der Waals surface area contributed by atoms with E-state index in [1.165, 1.54) is 18.6 Å². The van der Waals surface area contributed by atoms with Crippen LogP contribution in [0.2, 0.25) is 0 Å². The van der Waals surface area contributed by atoms with Gasteiger partial charge in [-0.2, -0.15) is 13.2 Å². The van der Waals surface area contributed by atoms with E-state index >= 15 is 0 Å². The highest BCUT2D eigenvalue weighted by atomic mass is 19.4. The van der Waals surface area contributed by atoms with Gasteiger partial charge in [-0.15, -0.1) is 0 Å². The quantitative estimate of drug-likeness (QED) is 0.616. The fraction of sp³-hybridized carbons (Fsp3) is 0.350. The molecular formula is C20H20F3N3. The molecule has 0 saturated carbocycles. The van der Waals surface area contributed by atoms with Crippen LogP contribution in [0.15, 0.2) is 42.5 Å². The fourth-order valence-electron chi connectivity index (χ4n) is 3.55. The molecule has 136 valence electrons. The number of nitrogens with zero attached hydrogens (tertiary/aromatic N) is 3. The molecule has 0 aliphatic carbocycles. The van der Waals surface area contributed by atoms with Gasteiger partial charge < -0.3 is 4.90 Å². The molecule has 1 saturated heterocycles. The highest BCUT2D eigenvalue weighted by Gasteiger charge is 2.31. The van der Waals surface area contributed by atoms with E-state index in [1.807, 2.05) is 29.7 Å². The van der Waals surface area contributed by atoms with Crippen molar-refractivity contribution in [2.45, 2.75) is 32.4 Å². The monoisotopic (exact) mass is 359 g/mol. The summed E-state index contributed by atoms with van der Waals surface area (Å²) in [5, 5.41) is 0. The summed E-state index contributed by atoms with van der Waals surface area (Å²) in [5.41, 5.74) is 2.54. The van der Waals surface area contributed by atoms with Gasteiger partial charge in [0.1, 0.15) is 0 Å². The molecule has 1 fully saturated rings. The number of alkyl halides is 3. The van der Waals surface area contributed by atoms with Crippen molar-refractivity contribution >= 4 is 17.0 Å². The van der Waals surface area contributed by atoms with Crippen LogP contribution in [0, 0.1) is 6.92 Å². The molecule has 0 spiro atoms. The van der Waals surface area contributed by atoms with E-state index in [0.717, 1.165) is 54.5 Å². The maximum absolute atomic E-state index is 13.2. The van der Waals surface area contributed by atoms with Crippen molar-refractivity contribution in [3.63, 3.8) is 0 Å². The Bertz CT molecular complexity index is 937. The van der Waals surface area contributed by atoms with Gasteiger partial charge in [-0.3, -0.25) is 4.57 Å². The molecule has 0 atom stereocenters. The Hall–Kier alpha value is -2.50. The lowest BCUT2D eigenvalue weighted by Crippen LogP contribution is -2.31. The van der Waals surface area contributed by atoms with Crippen molar-refractivity contribution in [3.8, 4) is 5.69 Å². The lowest BCUT2D eigenvalue weighted by molar-refractivity contribution is -0.137. The minimum absolute atomic E-state index is 0.494. The van der Waals surface area contributed by atoms with E-state index in [0.29, 0.717) is 5.69 Å². The van der Waals surface area contributed by atoms with Gasteiger partial charge in [0, 0.05) is 18.8 Å². The predicted octanol–water partition coefficient (Wildman–Crippen LogP) is 5.34. The van der Waals surface area contributed by atoms with Crippen LogP contribution in [0.4, 0.5) is 19.1 Å². The average Bonchev–Trinajstić information content (AvgIpc) is 3.00. The van der Waals surface area contributed by atoms with Crippen molar-refractivity contribution in [3.05, 3.63) is 53.6 Å². The summed E-state index contributed by atoms with van der Waals surface area (Å²) in [7, 11) is 0. The van der Waals surface area contributed by atoms with Gasteiger partial charge in [0.05, 0.1) is 16.6 Å². The number of benzene rings is 2. The molecule has 0 N–H and O–H groups in total. The van der Waals surface area contributed by atoms with Crippen LogP contribution in [-0.2, 0) is 6.18 Å². The largest absolute Gasteiger partial charge is 0.416 e.